The fourth-order valence-corrected chi connectivity index (χ4v) is 1.04. The van der Waals surface area contributed by atoms with E-state index in [1.54, 1.807) is 18.2 Å². The van der Waals surface area contributed by atoms with Gasteiger partial charge < -0.3 is 14.5 Å². The zero-order chi connectivity index (χ0) is 8.55. The summed E-state index contributed by atoms with van der Waals surface area (Å²) in [6.07, 6.45) is 2.71. The predicted octanol–water partition coefficient (Wildman–Crippen LogP) is -5.96. The second-order valence-corrected chi connectivity index (χ2v) is 2.29. The van der Waals surface area contributed by atoms with Crippen LogP contribution in [-0.4, -0.2) is 15.6 Å². The van der Waals surface area contributed by atoms with E-state index in [1.165, 1.54) is 6.20 Å². The summed E-state index contributed by atoms with van der Waals surface area (Å²) >= 11 is 0. The molecule has 0 bridgehead atoms. The van der Waals surface area contributed by atoms with Crippen LogP contribution in [0.3, 0.4) is 0 Å². The number of hydrogen-bond acceptors (Lipinski definition) is 3. The fourth-order valence-electron chi connectivity index (χ4n) is 1.04. The average molecular weight is 174 g/mol. The number of carboxylic acid groups (broad SMARTS) is 1. The number of fused-ring (bicyclic) bond motifs is 1. The van der Waals surface area contributed by atoms with E-state index >= 15 is 0 Å². The van der Waals surface area contributed by atoms with E-state index in [9.17, 15) is 9.90 Å². The Balaban J connectivity index is 0.000000845. The van der Waals surface area contributed by atoms with Crippen molar-refractivity contribution >= 4 is 17.1 Å². The molecule has 2 heterocycles. The molecule has 2 rings (SSSR count). The Morgan fingerprint density at radius 2 is 2.21 bits per heavy atom. The number of carbonyl (C=O) groups excluding carboxylic acids is 1. The number of pyridine rings is 1. The zero-order valence-electron chi connectivity index (χ0n) is 8.02. The van der Waals surface area contributed by atoms with E-state index in [1.807, 2.05) is 0 Å². The third-order valence-corrected chi connectivity index (χ3v) is 1.56. The number of rotatable bonds is 0. The molecular weight excluding hydrogens is 170 g/mol. The van der Waals surface area contributed by atoms with Gasteiger partial charge in [-0.1, -0.05) is 17.6 Å². The van der Waals surface area contributed by atoms with Crippen LogP contribution in [-0.2, 0) is 0 Å². The predicted molar refractivity (Wildman–Crippen MR) is 39.4 cm³/mol. The van der Waals surface area contributed by atoms with Gasteiger partial charge >= 0.3 is 37.7 Å². The molecule has 0 aliphatic rings. The summed E-state index contributed by atoms with van der Waals surface area (Å²) in [5, 5.41) is 11.2. The Morgan fingerprint density at radius 1 is 1.50 bits per heavy atom. The molecule has 0 N–H and O–H groups in total. The first-order chi connectivity index (χ1) is 5.79. The molecule has 0 amide bonds. The third-order valence-electron chi connectivity index (χ3n) is 1.56. The van der Waals surface area contributed by atoms with E-state index in [-0.39, 0.29) is 37.7 Å². The SMILES string of the molecule is O=C([O-])n1[c-]cc2cccnc21.[Li+].[Li+]. The third kappa shape index (κ3) is 2.23. The molecule has 0 aliphatic heterocycles. The Labute approximate surface area is 105 Å². The molecule has 0 unspecified atom stereocenters. The van der Waals surface area contributed by atoms with Crippen LogP contribution in [0.25, 0.3) is 11.0 Å². The van der Waals surface area contributed by atoms with Crippen molar-refractivity contribution < 1.29 is 47.6 Å². The molecule has 2 aromatic rings. The van der Waals surface area contributed by atoms with Crippen LogP contribution in [0.1, 0.15) is 0 Å². The van der Waals surface area contributed by atoms with E-state index in [0.29, 0.717) is 5.65 Å². The van der Waals surface area contributed by atoms with Crippen molar-refractivity contribution in [3.8, 4) is 0 Å². The minimum atomic E-state index is -1.32. The molecule has 0 radical (unpaired) electrons. The maximum atomic E-state index is 10.5. The van der Waals surface area contributed by atoms with E-state index in [0.717, 1.165) is 9.95 Å². The van der Waals surface area contributed by atoms with Crippen LogP contribution in [0.15, 0.2) is 24.4 Å². The molecule has 0 spiro atoms. The minimum Gasteiger partial charge on any atom is -0.587 e. The molecule has 14 heavy (non-hydrogen) atoms. The largest absolute Gasteiger partial charge is 1.00 e. The topological polar surface area (TPSA) is 57.9 Å². The number of carbonyl (C=O) groups is 1. The number of hydrogen-bond donors (Lipinski definition) is 0. The molecule has 0 fully saturated rings. The molecule has 60 valence electrons. The van der Waals surface area contributed by atoms with Crippen LogP contribution in [0.5, 0.6) is 0 Å². The molecular formula is C8H4Li2N2O2. The van der Waals surface area contributed by atoms with E-state index in [2.05, 4.69) is 11.2 Å². The summed E-state index contributed by atoms with van der Waals surface area (Å²) in [5.74, 6) is 0. The van der Waals surface area contributed by atoms with Crippen molar-refractivity contribution in [1.82, 2.24) is 9.55 Å². The first kappa shape index (κ1) is 13.4. The van der Waals surface area contributed by atoms with Crippen molar-refractivity contribution in [3.05, 3.63) is 30.6 Å². The van der Waals surface area contributed by atoms with Crippen molar-refractivity contribution in [2.75, 3.05) is 0 Å². The Kier molecular flexibility index (Phi) is 5.05. The Hall–Kier alpha value is -0.645. The van der Waals surface area contributed by atoms with Crippen LogP contribution in [0.2, 0.25) is 0 Å². The summed E-state index contributed by atoms with van der Waals surface area (Å²) in [5.41, 5.74) is 0.359. The summed E-state index contributed by atoms with van der Waals surface area (Å²) in [7, 11) is 0. The molecule has 0 atom stereocenters. The molecule has 6 heteroatoms. The van der Waals surface area contributed by atoms with Gasteiger partial charge in [0.1, 0.15) is 0 Å². The van der Waals surface area contributed by atoms with Gasteiger partial charge in [-0.15, -0.1) is 12.1 Å². The Bertz CT molecular complexity index is 442. The second-order valence-electron chi connectivity index (χ2n) is 2.29. The van der Waals surface area contributed by atoms with Crippen LogP contribution in [0.4, 0.5) is 4.79 Å². The summed E-state index contributed by atoms with van der Waals surface area (Å²) in [6, 6.07) is 5.05. The Morgan fingerprint density at radius 3 is 2.86 bits per heavy atom. The summed E-state index contributed by atoms with van der Waals surface area (Å²) in [6.45, 7) is 0. The summed E-state index contributed by atoms with van der Waals surface area (Å²) < 4.78 is 0.856. The first-order valence-electron chi connectivity index (χ1n) is 3.34. The van der Waals surface area contributed by atoms with Gasteiger partial charge in [-0.2, -0.15) is 0 Å². The molecule has 0 saturated heterocycles. The molecule has 2 aromatic heterocycles. The van der Waals surface area contributed by atoms with Crippen molar-refractivity contribution in [2.24, 2.45) is 0 Å². The molecule has 0 saturated carbocycles. The molecule has 4 nitrogen and oxygen atoms in total. The summed E-state index contributed by atoms with van der Waals surface area (Å²) in [4.78, 5) is 14.3. The van der Waals surface area contributed by atoms with Gasteiger partial charge in [0.2, 0.25) is 0 Å². The average Bonchev–Trinajstić information content (AvgIpc) is 2.47. The van der Waals surface area contributed by atoms with Crippen molar-refractivity contribution in [1.29, 1.82) is 0 Å². The van der Waals surface area contributed by atoms with E-state index < -0.39 is 6.09 Å². The van der Waals surface area contributed by atoms with Gasteiger partial charge in [0.25, 0.3) is 0 Å². The molecule has 0 aromatic carbocycles. The van der Waals surface area contributed by atoms with Gasteiger partial charge in [0, 0.05) is 11.8 Å². The van der Waals surface area contributed by atoms with Crippen LogP contribution < -0.4 is 42.8 Å². The maximum absolute atomic E-state index is 10.5. The quantitative estimate of drug-likeness (QED) is 0.295. The standard InChI is InChI=1S/C8H5N2O2.2Li/c11-8(12)10-5-3-6-2-1-4-9-7(6)10;;/h1-4H,(H,11,12);;/q-1;2*+1/p-1. The van der Waals surface area contributed by atoms with E-state index in [4.69, 9.17) is 0 Å². The zero-order valence-corrected chi connectivity index (χ0v) is 8.02. The maximum Gasteiger partial charge on any atom is 1.00 e. The number of nitrogens with zero attached hydrogens (tertiary/aromatic N) is 2. The smallest absolute Gasteiger partial charge is 0.587 e. The van der Waals surface area contributed by atoms with Gasteiger partial charge in [0.05, 0.1) is 6.09 Å². The van der Waals surface area contributed by atoms with Crippen molar-refractivity contribution in [3.63, 3.8) is 0 Å². The monoisotopic (exact) mass is 174 g/mol. The van der Waals surface area contributed by atoms with Crippen LogP contribution >= 0.6 is 0 Å². The normalized spacial score (nSPS) is 8.86. The van der Waals surface area contributed by atoms with Gasteiger partial charge in [0.15, 0.2) is 0 Å². The van der Waals surface area contributed by atoms with Crippen molar-refractivity contribution in [2.45, 2.75) is 0 Å². The number of aromatic nitrogens is 2. The molecule has 0 aliphatic carbocycles. The van der Waals surface area contributed by atoms with Gasteiger partial charge in [-0.3, -0.25) is 4.98 Å². The van der Waals surface area contributed by atoms with Crippen LogP contribution in [0, 0.1) is 6.20 Å². The van der Waals surface area contributed by atoms with Gasteiger partial charge in [-0.05, 0) is 0 Å². The second kappa shape index (κ2) is 5.29. The fraction of sp³-hybridized carbons (Fsp3) is 0. The minimum absolute atomic E-state index is 0. The first-order valence-corrected chi connectivity index (χ1v) is 3.34. The van der Waals surface area contributed by atoms with Gasteiger partial charge in [-0.25, -0.2) is 0 Å².